The average molecular weight is 484 g/mol. The molecule has 0 spiro atoms. The highest BCUT2D eigenvalue weighted by Gasteiger charge is 2.47. The number of benzene rings is 1. The van der Waals surface area contributed by atoms with Crippen LogP contribution in [-0.4, -0.2) is 11.6 Å². The van der Waals surface area contributed by atoms with E-state index in [0.717, 1.165) is 23.5 Å². The smallest absolute Gasteiger partial charge is 0.416 e. The number of furan rings is 1. The number of nitrogens with one attached hydrogen (secondary N) is 1. The van der Waals surface area contributed by atoms with Crippen LogP contribution < -0.4 is 5.32 Å². The van der Waals surface area contributed by atoms with Gasteiger partial charge in [-0.15, -0.1) is 0 Å². The van der Waals surface area contributed by atoms with Crippen LogP contribution in [0.2, 0.25) is 0 Å². The molecule has 2 heterocycles. The van der Waals surface area contributed by atoms with Gasteiger partial charge in [0.2, 0.25) is 0 Å². The predicted octanol–water partition coefficient (Wildman–Crippen LogP) is 6.94. The Kier molecular flexibility index (Phi) is 5.20. The van der Waals surface area contributed by atoms with Crippen molar-refractivity contribution in [1.82, 2.24) is 5.32 Å². The predicted molar refractivity (Wildman–Crippen MR) is 125 cm³/mol. The molecule has 0 atom stereocenters. The van der Waals surface area contributed by atoms with Crippen LogP contribution in [0.4, 0.5) is 13.2 Å². The van der Waals surface area contributed by atoms with Crippen molar-refractivity contribution >= 4 is 11.6 Å². The lowest BCUT2D eigenvalue weighted by atomic mass is 9.65. The van der Waals surface area contributed by atoms with E-state index in [2.05, 4.69) is 5.32 Å². The number of ketones is 2. The van der Waals surface area contributed by atoms with Gasteiger partial charge in [-0.05, 0) is 47.9 Å². The maximum absolute atomic E-state index is 13.4. The van der Waals surface area contributed by atoms with Gasteiger partial charge in [0.15, 0.2) is 11.6 Å². The second-order valence-corrected chi connectivity index (χ2v) is 11.5. The molecule has 2 aliphatic carbocycles. The Labute approximate surface area is 202 Å². The van der Waals surface area contributed by atoms with Crippen molar-refractivity contribution in [2.75, 3.05) is 0 Å². The van der Waals surface area contributed by atoms with Gasteiger partial charge in [0.05, 0.1) is 11.5 Å². The SMILES string of the molecule is CC1(C)CC(=O)C2=C(C1)NC1=C(C(=O)CC(C)(C)C1)C2c1ccc(-c2cccc(C(F)(F)F)c2)o1. The molecule has 5 rings (SSSR count). The fourth-order valence-corrected chi connectivity index (χ4v) is 5.69. The molecule has 0 amide bonds. The Hall–Kier alpha value is -3.09. The van der Waals surface area contributed by atoms with Crippen LogP contribution in [0.5, 0.6) is 0 Å². The summed E-state index contributed by atoms with van der Waals surface area (Å²) in [5.74, 6) is -0.0564. The molecule has 4 nitrogen and oxygen atoms in total. The van der Waals surface area contributed by atoms with Crippen molar-refractivity contribution in [2.45, 2.75) is 65.5 Å². The fraction of sp³-hybridized carbons (Fsp3) is 0.429. The number of carbonyl (C=O) groups is 2. The Morgan fingerprint density at radius 3 is 1.97 bits per heavy atom. The van der Waals surface area contributed by atoms with E-state index in [-0.39, 0.29) is 33.7 Å². The van der Waals surface area contributed by atoms with Gasteiger partial charge in [0.1, 0.15) is 11.5 Å². The monoisotopic (exact) mass is 483 g/mol. The van der Waals surface area contributed by atoms with E-state index in [0.29, 0.717) is 42.6 Å². The lowest BCUT2D eigenvalue weighted by Gasteiger charge is -2.43. The molecule has 0 radical (unpaired) electrons. The largest absolute Gasteiger partial charge is 0.460 e. The third kappa shape index (κ3) is 4.26. The van der Waals surface area contributed by atoms with Crippen LogP contribution in [0.25, 0.3) is 11.3 Å². The molecule has 1 aromatic carbocycles. The molecule has 0 saturated carbocycles. The molecule has 1 N–H and O–H groups in total. The van der Waals surface area contributed by atoms with Crippen LogP contribution in [0.1, 0.15) is 70.6 Å². The molecule has 1 aromatic heterocycles. The summed E-state index contributed by atoms with van der Waals surface area (Å²) < 4.78 is 45.8. The van der Waals surface area contributed by atoms with E-state index in [9.17, 15) is 22.8 Å². The van der Waals surface area contributed by atoms with Crippen LogP contribution in [0, 0.1) is 10.8 Å². The first-order valence-electron chi connectivity index (χ1n) is 11.8. The molecule has 3 aliphatic rings. The molecule has 7 heteroatoms. The first kappa shape index (κ1) is 23.6. The van der Waals surface area contributed by atoms with Crippen LogP contribution in [-0.2, 0) is 15.8 Å². The third-order valence-corrected chi connectivity index (χ3v) is 7.10. The molecule has 1 aliphatic heterocycles. The molecule has 0 bridgehead atoms. The molecule has 0 unspecified atom stereocenters. The van der Waals surface area contributed by atoms with E-state index >= 15 is 0 Å². The average Bonchev–Trinajstić information content (AvgIpc) is 3.20. The number of dihydropyridines is 1. The maximum Gasteiger partial charge on any atom is 0.416 e. The van der Waals surface area contributed by atoms with Gasteiger partial charge >= 0.3 is 6.18 Å². The van der Waals surface area contributed by atoms with E-state index < -0.39 is 17.7 Å². The Balaban J connectivity index is 1.63. The number of hydrogen-bond acceptors (Lipinski definition) is 4. The molecule has 0 fully saturated rings. The highest BCUT2D eigenvalue weighted by Crippen LogP contribution is 2.51. The zero-order valence-corrected chi connectivity index (χ0v) is 20.2. The van der Waals surface area contributed by atoms with E-state index in [1.807, 2.05) is 27.7 Å². The summed E-state index contributed by atoms with van der Waals surface area (Å²) in [6.07, 6.45) is -2.43. The van der Waals surface area contributed by atoms with Crippen molar-refractivity contribution in [2.24, 2.45) is 10.8 Å². The van der Waals surface area contributed by atoms with Crippen molar-refractivity contribution in [3.63, 3.8) is 0 Å². The molecular weight excluding hydrogens is 455 g/mol. The topological polar surface area (TPSA) is 59.3 Å². The second-order valence-electron chi connectivity index (χ2n) is 11.5. The molecule has 184 valence electrons. The van der Waals surface area contributed by atoms with Gasteiger partial charge in [-0.25, -0.2) is 0 Å². The summed E-state index contributed by atoms with van der Waals surface area (Å²) in [6, 6.07) is 8.24. The summed E-state index contributed by atoms with van der Waals surface area (Å²) in [5.41, 5.74) is 1.81. The Bertz CT molecular complexity index is 1250. The lowest BCUT2D eigenvalue weighted by Crippen LogP contribution is -2.42. The van der Waals surface area contributed by atoms with Crippen LogP contribution >= 0.6 is 0 Å². The van der Waals surface area contributed by atoms with E-state index in [4.69, 9.17) is 4.42 Å². The highest BCUT2D eigenvalue weighted by atomic mass is 19.4. The van der Waals surface area contributed by atoms with Crippen LogP contribution in [0.15, 0.2) is 63.4 Å². The van der Waals surface area contributed by atoms with Crippen molar-refractivity contribution < 1.29 is 27.2 Å². The fourth-order valence-electron chi connectivity index (χ4n) is 5.69. The quantitative estimate of drug-likeness (QED) is 0.503. The zero-order valence-electron chi connectivity index (χ0n) is 20.2. The number of alkyl halides is 3. The number of rotatable bonds is 2. The summed E-state index contributed by atoms with van der Waals surface area (Å²) >= 11 is 0. The summed E-state index contributed by atoms with van der Waals surface area (Å²) in [4.78, 5) is 26.7. The van der Waals surface area contributed by atoms with Gasteiger partial charge < -0.3 is 9.73 Å². The van der Waals surface area contributed by atoms with E-state index in [1.54, 1.807) is 18.2 Å². The first-order valence-corrected chi connectivity index (χ1v) is 11.8. The minimum atomic E-state index is -4.47. The van der Waals surface area contributed by atoms with Gasteiger partial charge in [-0.3, -0.25) is 9.59 Å². The number of hydrogen-bond donors (Lipinski definition) is 1. The minimum absolute atomic E-state index is 0.0325. The molecular formula is C28H28F3NO3. The summed E-state index contributed by atoms with van der Waals surface area (Å²) in [6.45, 7) is 8.18. The normalized spacial score (nSPS) is 22.1. The number of carbonyl (C=O) groups excluding carboxylic acids is 2. The highest BCUT2D eigenvalue weighted by molar-refractivity contribution is 6.06. The van der Waals surface area contributed by atoms with Gasteiger partial charge in [0, 0.05) is 40.9 Å². The first-order chi connectivity index (χ1) is 16.2. The summed E-state index contributed by atoms with van der Waals surface area (Å²) in [5, 5.41) is 3.44. The van der Waals surface area contributed by atoms with Gasteiger partial charge in [-0.2, -0.15) is 13.2 Å². The van der Waals surface area contributed by atoms with Crippen molar-refractivity contribution in [3.05, 3.63) is 70.3 Å². The summed E-state index contributed by atoms with van der Waals surface area (Å²) in [7, 11) is 0. The molecule has 35 heavy (non-hydrogen) atoms. The lowest BCUT2D eigenvalue weighted by molar-refractivity contribution is -0.137. The zero-order chi connectivity index (χ0) is 25.3. The number of allylic oxidation sites excluding steroid dienone is 4. The third-order valence-electron chi connectivity index (χ3n) is 7.10. The molecule has 0 saturated heterocycles. The van der Waals surface area contributed by atoms with E-state index in [1.165, 1.54) is 6.07 Å². The number of halogens is 3. The maximum atomic E-state index is 13.4. The van der Waals surface area contributed by atoms with Gasteiger partial charge in [-0.1, -0.05) is 39.8 Å². The second kappa shape index (κ2) is 7.70. The molecule has 2 aromatic rings. The minimum Gasteiger partial charge on any atom is -0.460 e. The van der Waals surface area contributed by atoms with Crippen molar-refractivity contribution in [1.29, 1.82) is 0 Å². The standard InChI is InChI=1S/C28H28F3NO3/c1-26(2)11-17-23(19(33)13-26)25(24-18(32-17)12-27(3,4)14-20(24)34)22-9-8-21(35-22)15-6-5-7-16(10-15)28(29,30)31/h5-10,25,32H,11-14H2,1-4H3. The van der Waals surface area contributed by atoms with Crippen LogP contribution in [0.3, 0.4) is 0 Å². The Morgan fingerprint density at radius 1 is 0.857 bits per heavy atom. The van der Waals surface area contributed by atoms with Crippen molar-refractivity contribution in [3.8, 4) is 11.3 Å². The number of Topliss-reactive ketones (excluding diaryl/α,β-unsaturated/α-hetero) is 2. The Morgan fingerprint density at radius 2 is 1.43 bits per heavy atom. The van der Waals surface area contributed by atoms with Gasteiger partial charge in [0.25, 0.3) is 0 Å².